The Morgan fingerprint density at radius 2 is 2.11 bits per heavy atom. The number of nitrogens with one attached hydrogen (secondary N) is 1. The van der Waals surface area contributed by atoms with Crippen molar-refractivity contribution in [1.82, 2.24) is 10.2 Å². The van der Waals surface area contributed by atoms with Gasteiger partial charge in [0, 0.05) is 12.1 Å². The van der Waals surface area contributed by atoms with Gasteiger partial charge in [-0.25, -0.2) is 0 Å². The maximum absolute atomic E-state index is 3.55. The van der Waals surface area contributed by atoms with Crippen LogP contribution < -0.4 is 5.32 Å². The van der Waals surface area contributed by atoms with E-state index in [0.29, 0.717) is 12.1 Å². The molecule has 1 aromatic carbocycles. The molecule has 0 fully saturated rings. The van der Waals surface area contributed by atoms with Gasteiger partial charge in [0.15, 0.2) is 0 Å². The molecule has 1 N–H and O–H groups in total. The molecular formula is C16H26N2. The second-order valence-electron chi connectivity index (χ2n) is 5.41. The standard InChI is InChI=1S/C16H26N2/c1-4-12-18(3)15-11-7-9-13-8-5-6-10-14(13)16(15)17-2/h5-6,8,10,15-17H,4,7,9,11-12H2,1-3H3. The Kier molecular flexibility index (Phi) is 4.79. The molecule has 2 heteroatoms. The zero-order chi connectivity index (χ0) is 13.0. The summed E-state index contributed by atoms with van der Waals surface area (Å²) in [6.07, 6.45) is 5.04. The molecular weight excluding hydrogens is 220 g/mol. The van der Waals surface area contributed by atoms with Crippen molar-refractivity contribution in [2.24, 2.45) is 0 Å². The van der Waals surface area contributed by atoms with Gasteiger partial charge in [-0.05, 0) is 57.5 Å². The maximum Gasteiger partial charge on any atom is 0.0478 e. The highest BCUT2D eigenvalue weighted by molar-refractivity contribution is 5.32. The molecule has 0 saturated carbocycles. The highest BCUT2D eigenvalue weighted by Gasteiger charge is 2.28. The predicted molar refractivity (Wildman–Crippen MR) is 77.9 cm³/mol. The molecule has 0 radical (unpaired) electrons. The second kappa shape index (κ2) is 6.35. The van der Waals surface area contributed by atoms with Crippen LogP contribution in [-0.2, 0) is 6.42 Å². The summed E-state index contributed by atoms with van der Waals surface area (Å²) in [5.74, 6) is 0. The largest absolute Gasteiger partial charge is 0.312 e. The minimum Gasteiger partial charge on any atom is -0.312 e. The van der Waals surface area contributed by atoms with Gasteiger partial charge in [0.05, 0.1) is 0 Å². The summed E-state index contributed by atoms with van der Waals surface area (Å²) in [6, 6.07) is 10.0. The van der Waals surface area contributed by atoms with Crippen molar-refractivity contribution in [3.8, 4) is 0 Å². The summed E-state index contributed by atoms with van der Waals surface area (Å²) in [6.45, 7) is 3.44. The number of aryl methyl sites for hydroxylation is 1. The van der Waals surface area contributed by atoms with Crippen LogP contribution in [0.15, 0.2) is 24.3 Å². The van der Waals surface area contributed by atoms with E-state index >= 15 is 0 Å². The van der Waals surface area contributed by atoms with Crippen LogP contribution in [0, 0.1) is 0 Å². The molecule has 0 aliphatic heterocycles. The molecule has 100 valence electrons. The van der Waals surface area contributed by atoms with Crippen molar-refractivity contribution < 1.29 is 0 Å². The van der Waals surface area contributed by atoms with Crippen molar-refractivity contribution in [3.63, 3.8) is 0 Å². The van der Waals surface area contributed by atoms with Crippen LogP contribution in [0.1, 0.15) is 43.4 Å². The van der Waals surface area contributed by atoms with Gasteiger partial charge in [0.1, 0.15) is 0 Å². The van der Waals surface area contributed by atoms with Gasteiger partial charge in [0.2, 0.25) is 0 Å². The molecule has 2 unspecified atom stereocenters. The molecule has 2 rings (SSSR count). The molecule has 2 nitrogen and oxygen atoms in total. The second-order valence-corrected chi connectivity index (χ2v) is 5.41. The Morgan fingerprint density at radius 3 is 2.83 bits per heavy atom. The van der Waals surface area contributed by atoms with E-state index in [1.54, 1.807) is 0 Å². The van der Waals surface area contributed by atoms with Crippen molar-refractivity contribution in [2.75, 3.05) is 20.6 Å². The summed E-state index contributed by atoms with van der Waals surface area (Å²) in [5.41, 5.74) is 3.04. The normalized spacial score (nSPS) is 23.8. The van der Waals surface area contributed by atoms with E-state index in [-0.39, 0.29) is 0 Å². The number of fused-ring (bicyclic) bond motifs is 1. The van der Waals surface area contributed by atoms with Gasteiger partial charge in [-0.3, -0.25) is 0 Å². The van der Waals surface area contributed by atoms with Crippen LogP contribution in [0.2, 0.25) is 0 Å². The minimum atomic E-state index is 0.472. The monoisotopic (exact) mass is 246 g/mol. The van der Waals surface area contributed by atoms with Gasteiger partial charge in [-0.2, -0.15) is 0 Å². The third-order valence-electron chi connectivity index (χ3n) is 4.17. The highest BCUT2D eigenvalue weighted by Crippen LogP contribution is 2.31. The van der Waals surface area contributed by atoms with E-state index in [1.807, 2.05) is 0 Å². The summed E-state index contributed by atoms with van der Waals surface area (Å²) in [4.78, 5) is 2.53. The van der Waals surface area contributed by atoms with Crippen molar-refractivity contribution >= 4 is 0 Å². The molecule has 2 atom stereocenters. The lowest BCUT2D eigenvalue weighted by Crippen LogP contribution is -2.41. The average molecular weight is 246 g/mol. The van der Waals surface area contributed by atoms with E-state index in [1.165, 1.54) is 43.4 Å². The topological polar surface area (TPSA) is 15.3 Å². The Labute approximate surface area is 111 Å². The molecule has 0 heterocycles. The third-order valence-corrected chi connectivity index (χ3v) is 4.17. The first-order valence-corrected chi connectivity index (χ1v) is 7.23. The van der Waals surface area contributed by atoms with Crippen LogP contribution in [0.4, 0.5) is 0 Å². The SMILES string of the molecule is CCCN(C)C1CCCc2ccccc2C1NC. The van der Waals surface area contributed by atoms with Crippen molar-refractivity contribution in [3.05, 3.63) is 35.4 Å². The van der Waals surface area contributed by atoms with Crippen molar-refractivity contribution in [2.45, 2.75) is 44.7 Å². The smallest absolute Gasteiger partial charge is 0.0478 e. The molecule has 0 bridgehead atoms. The first-order chi connectivity index (χ1) is 8.77. The number of hydrogen-bond donors (Lipinski definition) is 1. The molecule has 18 heavy (non-hydrogen) atoms. The molecule has 0 saturated heterocycles. The van der Waals surface area contributed by atoms with Crippen molar-refractivity contribution in [1.29, 1.82) is 0 Å². The van der Waals surface area contributed by atoms with Gasteiger partial charge >= 0.3 is 0 Å². The van der Waals surface area contributed by atoms with E-state index < -0.39 is 0 Å². The quantitative estimate of drug-likeness (QED) is 0.822. The molecule has 0 amide bonds. The zero-order valence-electron chi connectivity index (χ0n) is 11.9. The lowest BCUT2D eigenvalue weighted by atomic mass is 9.95. The number of benzene rings is 1. The van der Waals surface area contributed by atoms with Crippen LogP contribution in [0.3, 0.4) is 0 Å². The Balaban J connectivity index is 2.28. The predicted octanol–water partition coefficient (Wildman–Crippen LogP) is 2.99. The fourth-order valence-electron chi connectivity index (χ4n) is 3.28. The number of nitrogens with zero attached hydrogens (tertiary/aromatic N) is 1. The lowest BCUT2D eigenvalue weighted by molar-refractivity contribution is 0.187. The average Bonchev–Trinajstić information content (AvgIpc) is 2.57. The van der Waals surface area contributed by atoms with Gasteiger partial charge < -0.3 is 10.2 Å². The Hall–Kier alpha value is -0.860. The first kappa shape index (κ1) is 13.6. The fourth-order valence-corrected chi connectivity index (χ4v) is 3.28. The number of hydrogen-bond acceptors (Lipinski definition) is 2. The molecule has 0 spiro atoms. The zero-order valence-corrected chi connectivity index (χ0v) is 11.9. The maximum atomic E-state index is 3.55. The van der Waals surface area contributed by atoms with Gasteiger partial charge in [-0.15, -0.1) is 0 Å². The third kappa shape index (κ3) is 2.76. The van der Waals surface area contributed by atoms with E-state index in [9.17, 15) is 0 Å². The molecule has 1 aromatic rings. The summed E-state index contributed by atoms with van der Waals surface area (Å²) in [5, 5.41) is 3.55. The molecule has 1 aliphatic carbocycles. The van der Waals surface area contributed by atoms with E-state index in [2.05, 4.69) is 55.5 Å². The molecule has 0 aromatic heterocycles. The van der Waals surface area contributed by atoms with E-state index in [0.717, 1.165) is 0 Å². The van der Waals surface area contributed by atoms with Crippen LogP contribution in [0.25, 0.3) is 0 Å². The molecule has 1 aliphatic rings. The van der Waals surface area contributed by atoms with Crippen LogP contribution >= 0.6 is 0 Å². The summed E-state index contributed by atoms with van der Waals surface area (Å²) >= 11 is 0. The lowest BCUT2D eigenvalue weighted by Gasteiger charge is -2.34. The highest BCUT2D eigenvalue weighted by atomic mass is 15.2. The van der Waals surface area contributed by atoms with Crippen LogP contribution in [0.5, 0.6) is 0 Å². The Morgan fingerprint density at radius 1 is 1.33 bits per heavy atom. The fraction of sp³-hybridized carbons (Fsp3) is 0.625. The van der Waals surface area contributed by atoms with E-state index in [4.69, 9.17) is 0 Å². The first-order valence-electron chi connectivity index (χ1n) is 7.23. The van der Waals surface area contributed by atoms with Crippen LogP contribution in [-0.4, -0.2) is 31.6 Å². The summed E-state index contributed by atoms with van der Waals surface area (Å²) < 4.78 is 0. The number of likely N-dealkylation sites (N-methyl/N-ethyl adjacent to an activating group) is 2. The number of rotatable bonds is 4. The minimum absolute atomic E-state index is 0.472. The van der Waals surface area contributed by atoms with Gasteiger partial charge in [-0.1, -0.05) is 31.2 Å². The summed E-state index contributed by atoms with van der Waals surface area (Å²) in [7, 11) is 4.37. The van der Waals surface area contributed by atoms with Gasteiger partial charge in [0.25, 0.3) is 0 Å². The Bertz CT molecular complexity index is 375.